The van der Waals surface area contributed by atoms with Gasteiger partial charge < -0.3 is 14.8 Å². The summed E-state index contributed by atoms with van der Waals surface area (Å²) in [6.45, 7) is 1.91. The van der Waals surface area contributed by atoms with Gasteiger partial charge in [0.05, 0.1) is 13.2 Å². The average molecular weight is 335 g/mol. The number of amides is 1. The SMILES string of the molecule is COc1ccccc1OCC(=O)N[C@@H](C)c1ccc2ccccc2c1. The van der Waals surface area contributed by atoms with Crippen LogP contribution in [0.2, 0.25) is 0 Å². The Morgan fingerprint density at radius 3 is 2.40 bits per heavy atom. The van der Waals surface area contributed by atoms with Crippen molar-refractivity contribution in [2.24, 2.45) is 0 Å². The molecule has 0 saturated heterocycles. The summed E-state index contributed by atoms with van der Waals surface area (Å²) in [5.74, 6) is 0.989. The Morgan fingerprint density at radius 2 is 1.64 bits per heavy atom. The van der Waals surface area contributed by atoms with Crippen LogP contribution >= 0.6 is 0 Å². The lowest BCUT2D eigenvalue weighted by Crippen LogP contribution is -2.31. The molecule has 1 N–H and O–H groups in total. The van der Waals surface area contributed by atoms with E-state index in [1.807, 2.05) is 37.3 Å². The lowest BCUT2D eigenvalue weighted by Gasteiger charge is -2.16. The molecule has 0 aromatic heterocycles. The van der Waals surface area contributed by atoms with E-state index >= 15 is 0 Å². The predicted molar refractivity (Wildman–Crippen MR) is 99.0 cm³/mol. The van der Waals surface area contributed by atoms with Gasteiger partial charge in [0.25, 0.3) is 5.91 Å². The molecule has 3 aromatic carbocycles. The van der Waals surface area contributed by atoms with Crippen molar-refractivity contribution in [3.8, 4) is 11.5 Å². The summed E-state index contributed by atoms with van der Waals surface area (Å²) in [4.78, 5) is 12.2. The number of ether oxygens (including phenoxy) is 2. The second-order valence-electron chi connectivity index (χ2n) is 5.84. The molecule has 25 heavy (non-hydrogen) atoms. The number of methoxy groups -OCH3 is 1. The van der Waals surface area contributed by atoms with Crippen LogP contribution in [0.1, 0.15) is 18.5 Å². The first-order valence-electron chi connectivity index (χ1n) is 8.21. The largest absolute Gasteiger partial charge is 0.493 e. The first kappa shape index (κ1) is 16.8. The molecular weight excluding hydrogens is 314 g/mol. The highest BCUT2D eigenvalue weighted by Gasteiger charge is 2.12. The minimum atomic E-state index is -0.174. The molecule has 0 bridgehead atoms. The fourth-order valence-electron chi connectivity index (χ4n) is 2.72. The quantitative estimate of drug-likeness (QED) is 0.737. The summed E-state index contributed by atoms with van der Waals surface area (Å²) in [6.07, 6.45) is 0. The Balaban J connectivity index is 1.61. The number of hydrogen-bond donors (Lipinski definition) is 1. The van der Waals surface area contributed by atoms with Gasteiger partial charge in [-0.1, -0.05) is 48.5 Å². The van der Waals surface area contributed by atoms with Crippen molar-refractivity contribution in [1.82, 2.24) is 5.32 Å². The number of rotatable bonds is 6. The lowest BCUT2D eigenvalue weighted by atomic mass is 10.0. The van der Waals surface area contributed by atoms with Gasteiger partial charge in [-0.05, 0) is 41.5 Å². The smallest absolute Gasteiger partial charge is 0.258 e. The monoisotopic (exact) mass is 335 g/mol. The number of nitrogens with one attached hydrogen (secondary N) is 1. The third-order valence-electron chi connectivity index (χ3n) is 4.08. The molecule has 0 fully saturated rings. The van der Waals surface area contributed by atoms with E-state index in [0.717, 1.165) is 10.9 Å². The topological polar surface area (TPSA) is 47.6 Å². The fourth-order valence-corrected chi connectivity index (χ4v) is 2.72. The molecule has 3 rings (SSSR count). The maximum atomic E-state index is 12.2. The van der Waals surface area contributed by atoms with E-state index in [2.05, 4.69) is 29.6 Å². The molecule has 0 aliphatic rings. The minimum absolute atomic E-state index is 0.0572. The zero-order chi connectivity index (χ0) is 17.6. The standard InChI is InChI=1S/C21H21NO3/c1-15(17-12-11-16-7-3-4-8-18(16)13-17)22-21(23)14-25-20-10-6-5-9-19(20)24-2/h3-13,15H,14H2,1-2H3,(H,22,23)/t15-/m0/s1. The van der Waals surface area contributed by atoms with E-state index in [-0.39, 0.29) is 18.6 Å². The van der Waals surface area contributed by atoms with Crippen molar-refractivity contribution in [2.75, 3.05) is 13.7 Å². The number of para-hydroxylation sites is 2. The van der Waals surface area contributed by atoms with Gasteiger partial charge in [0.15, 0.2) is 18.1 Å². The second kappa shape index (κ2) is 7.71. The Kier molecular flexibility index (Phi) is 5.19. The number of benzene rings is 3. The van der Waals surface area contributed by atoms with Gasteiger partial charge in [-0.3, -0.25) is 4.79 Å². The molecule has 0 saturated carbocycles. The number of hydrogen-bond acceptors (Lipinski definition) is 3. The van der Waals surface area contributed by atoms with E-state index in [0.29, 0.717) is 11.5 Å². The Bertz CT molecular complexity index is 876. The van der Waals surface area contributed by atoms with Gasteiger partial charge in [-0.2, -0.15) is 0 Å². The molecule has 0 aliphatic heterocycles. The van der Waals surface area contributed by atoms with Gasteiger partial charge in [-0.25, -0.2) is 0 Å². The van der Waals surface area contributed by atoms with E-state index < -0.39 is 0 Å². The summed E-state index contributed by atoms with van der Waals surface area (Å²) in [5, 5.41) is 5.31. The van der Waals surface area contributed by atoms with Crippen LogP contribution in [0.4, 0.5) is 0 Å². The molecule has 0 radical (unpaired) electrons. The summed E-state index contributed by atoms with van der Waals surface area (Å²) in [6, 6.07) is 21.5. The third kappa shape index (κ3) is 4.10. The normalized spacial score (nSPS) is 11.8. The number of fused-ring (bicyclic) bond motifs is 1. The highest BCUT2D eigenvalue weighted by atomic mass is 16.5. The second-order valence-corrected chi connectivity index (χ2v) is 5.84. The molecule has 0 spiro atoms. The summed E-state index contributed by atoms with van der Waals surface area (Å²) < 4.78 is 10.8. The third-order valence-corrected chi connectivity index (χ3v) is 4.08. The average Bonchev–Trinajstić information content (AvgIpc) is 2.66. The van der Waals surface area contributed by atoms with Gasteiger partial charge in [0.1, 0.15) is 0 Å². The van der Waals surface area contributed by atoms with Crippen molar-refractivity contribution < 1.29 is 14.3 Å². The van der Waals surface area contributed by atoms with Gasteiger partial charge >= 0.3 is 0 Å². The summed E-state index contributed by atoms with van der Waals surface area (Å²) >= 11 is 0. The Morgan fingerprint density at radius 1 is 0.960 bits per heavy atom. The fraction of sp³-hybridized carbons (Fsp3) is 0.190. The zero-order valence-electron chi connectivity index (χ0n) is 14.4. The van der Waals surface area contributed by atoms with Crippen LogP contribution in [0.3, 0.4) is 0 Å². The van der Waals surface area contributed by atoms with Crippen LogP contribution in [-0.2, 0) is 4.79 Å². The highest BCUT2D eigenvalue weighted by Crippen LogP contribution is 2.25. The molecule has 0 aliphatic carbocycles. The molecule has 1 amide bonds. The first-order valence-corrected chi connectivity index (χ1v) is 8.21. The number of carbonyl (C=O) groups excluding carboxylic acids is 1. The van der Waals surface area contributed by atoms with Crippen LogP contribution in [0, 0.1) is 0 Å². The van der Waals surface area contributed by atoms with E-state index in [1.54, 1.807) is 19.2 Å². The molecule has 4 heteroatoms. The summed E-state index contributed by atoms with van der Waals surface area (Å²) in [5.41, 5.74) is 1.06. The van der Waals surface area contributed by atoms with Crippen LogP contribution < -0.4 is 14.8 Å². The summed E-state index contributed by atoms with van der Waals surface area (Å²) in [7, 11) is 1.57. The molecular formula is C21H21NO3. The van der Waals surface area contributed by atoms with Crippen molar-refractivity contribution in [1.29, 1.82) is 0 Å². The maximum Gasteiger partial charge on any atom is 0.258 e. The molecule has 128 valence electrons. The highest BCUT2D eigenvalue weighted by molar-refractivity contribution is 5.83. The first-order chi connectivity index (χ1) is 12.2. The van der Waals surface area contributed by atoms with Crippen LogP contribution in [-0.4, -0.2) is 19.6 Å². The molecule has 0 heterocycles. The van der Waals surface area contributed by atoms with Gasteiger partial charge in [-0.15, -0.1) is 0 Å². The number of carbonyl (C=O) groups is 1. The van der Waals surface area contributed by atoms with Crippen molar-refractivity contribution in [3.63, 3.8) is 0 Å². The zero-order valence-corrected chi connectivity index (χ0v) is 14.4. The van der Waals surface area contributed by atoms with Crippen LogP contribution in [0.15, 0.2) is 66.7 Å². The van der Waals surface area contributed by atoms with Crippen molar-refractivity contribution >= 4 is 16.7 Å². The van der Waals surface area contributed by atoms with Crippen LogP contribution in [0.25, 0.3) is 10.8 Å². The maximum absolute atomic E-state index is 12.2. The molecule has 3 aromatic rings. The minimum Gasteiger partial charge on any atom is -0.493 e. The van der Waals surface area contributed by atoms with E-state index in [1.165, 1.54) is 5.39 Å². The lowest BCUT2D eigenvalue weighted by molar-refractivity contribution is -0.123. The van der Waals surface area contributed by atoms with Gasteiger partial charge in [0, 0.05) is 0 Å². The molecule has 4 nitrogen and oxygen atoms in total. The van der Waals surface area contributed by atoms with Crippen LogP contribution in [0.5, 0.6) is 11.5 Å². The van der Waals surface area contributed by atoms with Gasteiger partial charge in [0.2, 0.25) is 0 Å². The Hall–Kier alpha value is -3.01. The molecule has 1 atom stereocenters. The Labute approximate surface area is 147 Å². The predicted octanol–water partition coefficient (Wildman–Crippen LogP) is 4.10. The van der Waals surface area contributed by atoms with E-state index in [4.69, 9.17) is 9.47 Å². The van der Waals surface area contributed by atoms with Crippen molar-refractivity contribution in [3.05, 3.63) is 72.3 Å². The molecule has 0 unspecified atom stereocenters. The van der Waals surface area contributed by atoms with Crippen molar-refractivity contribution in [2.45, 2.75) is 13.0 Å². The van der Waals surface area contributed by atoms with E-state index in [9.17, 15) is 4.79 Å².